The fourth-order valence-corrected chi connectivity index (χ4v) is 1.77. The predicted molar refractivity (Wildman–Crippen MR) is 76.7 cm³/mol. The van der Waals surface area contributed by atoms with Gasteiger partial charge in [0.2, 0.25) is 5.88 Å². The van der Waals surface area contributed by atoms with Crippen LogP contribution in [0.5, 0.6) is 5.88 Å². The first-order chi connectivity index (χ1) is 10.1. The van der Waals surface area contributed by atoms with E-state index in [0.29, 0.717) is 11.3 Å². The van der Waals surface area contributed by atoms with E-state index >= 15 is 0 Å². The zero-order valence-corrected chi connectivity index (χ0v) is 12.0. The van der Waals surface area contributed by atoms with E-state index in [-0.39, 0.29) is 23.7 Å². The Morgan fingerprint density at radius 1 is 1.24 bits per heavy atom. The maximum Gasteiger partial charge on any atom is 0.340 e. The van der Waals surface area contributed by atoms with E-state index in [0.717, 1.165) is 5.56 Å². The van der Waals surface area contributed by atoms with Gasteiger partial charge in [0.15, 0.2) is 6.29 Å². The van der Waals surface area contributed by atoms with Crippen LogP contribution in [-0.2, 0) is 11.3 Å². The first kappa shape index (κ1) is 15.0. The monoisotopic (exact) mass is 305 g/mol. The van der Waals surface area contributed by atoms with Crippen molar-refractivity contribution in [2.24, 2.45) is 0 Å². The average molecular weight is 306 g/mol. The lowest BCUT2D eigenvalue weighted by Gasteiger charge is -2.08. The average Bonchev–Trinajstić information content (AvgIpc) is 2.53. The Morgan fingerprint density at radius 2 is 1.95 bits per heavy atom. The number of aromatic nitrogens is 1. The standard InChI is InChI=1S/C15H12ClNO4/c1-20-15(19)12-6-7-14(17-13(12)8-18)21-9-10-2-4-11(16)5-3-10/h2-8H,9H2,1H3. The molecule has 0 unspecified atom stereocenters. The van der Waals surface area contributed by atoms with Gasteiger partial charge < -0.3 is 9.47 Å². The predicted octanol–water partition coefficient (Wildman–Crippen LogP) is 2.91. The molecule has 0 atom stereocenters. The molecular weight excluding hydrogens is 294 g/mol. The van der Waals surface area contributed by atoms with E-state index in [1.54, 1.807) is 12.1 Å². The normalized spacial score (nSPS) is 10.0. The molecule has 0 spiro atoms. The lowest BCUT2D eigenvalue weighted by atomic mass is 10.2. The molecule has 0 amide bonds. The van der Waals surface area contributed by atoms with Gasteiger partial charge >= 0.3 is 5.97 Å². The summed E-state index contributed by atoms with van der Waals surface area (Å²) >= 11 is 5.79. The summed E-state index contributed by atoms with van der Waals surface area (Å²) < 4.78 is 10.0. The highest BCUT2D eigenvalue weighted by Crippen LogP contribution is 2.15. The summed E-state index contributed by atoms with van der Waals surface area (Å²) in [5, 5.41) is 0.641. The molecule has 108 valence electrons. The van der Waals surface area contributed by atoms with Gasteiger partial charge in [-0.05, 0) is 23.8 Å². The van der Waals surface area contributed by atoms with Gasteiger partial charge in [-0.3, -0.25) is 4.79 Å². The molecule has 0 aliphatic carbocycles. The number of methoxy groups -OCH3 is 1. The first-order valence-electron chi connectivity index (χ1n) is 6.06. The highest BCUT2D eigenvalue weighted by atomic mass is 35.5. The van der Waals surface area contributed by atoms with Gasteiger partial charge in [0.05, 0.1) is 12.7 Å². The Labute approximate surface area is 126 Å². The Balaban J connectivity index is 2.12. The Morgan fingerprint density at radius 3 is 2.57 bits per heavy atom. The van der Waals surface area contributed by atoms with Crippen LogP contribution in [0.3, 0.4) is 0 Å². The minimum Gasteiger partial charge on any atom is -0.473 e. The number of hydrogen-bond acceptors (Lipinski definition) is 5. The smallest absolute Gasteiger partial charge is 0.340 e. The molecule has 1 aromatic heterocycles. The zero-order valence-electron chi connectivity index (χ0n) is 11.2. The van der Waals surface area contributed by atoms with E-state index in [2.05, 4.69) is 9.72 Å². The third-order valence-electron chi connectivity index (χ3n) is 2.72. The van der Waals surface area contributed by atoms with E-state index in [9.17, 15) is 9.59 Å². The minimum atomic E-state index is -0.617. The van der Waals surface area contributed by atoms with Gasteiger partial charge in [-0.2, -0.15) is 0 Å². The summed E-state index contributed by atoms with van der Waals surface area (Å²) in [6, 6.07) is 10.1. The number of carbonyl (C=O) groups excluding carboxylic acids is 2. The van der Waals surface area contributed by atoms with Gasteiger partial charge in [-0.25, -0.2) is 9.78 Å². The second-order valence-corrected chi connectivity index (χ2v) is 4.54. The quantitative estimate of drug-likeness (QED) is 0.627. The van der Waals surface area contributed by atoms with Crippen molar-refractivity contribution in [1.29, 1.82) is 0 Å². The molecule has 6 heteroatoms. The second kappa shape index (κ2) is 6.85. The van der Waals surface area contributed by atoms with Gasteiger partial charge in [-0.1, -0.05) is 23.7 Å². The fourth-order valence-electron chi connectivity index (χ4n) is 1.65. The van der Waals surface area contributed by atoms with E-state index in [1.807, 2.05) is 12.1 Å². The molecule has 0 saturated carbocycles. The van der Waals surface area contributed by atoms with E-state index < -0.39 is 5.97 Å². The van der Waals surface area contributed by atoms with Crippen LogP contribution >= 0.6 is 11.6 Å². The molecule has 0 N–H and O–H groups in total. The Kier molecular flexibility index (Phi) is 4.90. The van der Waals surface area contributed by atoms with Crippen molar-refractivity contribution in [2.45, 2.75) is 6.61 Å². The summed E-state index contributed by atoms with van der Waals surface area (Å²) in [7, 11) is 1.24. The number of benzene rings is 1. The number of nitrogens with zero attached hydrogens (tertiary/aromatic N) is 1. The number of aldehydes is 1. The van der Waals surface area contributed by atoms with Gasteiger partial charge in [-0.15, -0.1) is 0 Å². The maximum atomic E-state index is 11.4. The Bertz CT molecular complexity index is 655. The zero-order chi connectivity index (χ0) is 15.2. The Hall–Kier alpha value is -2.40. The summed E-state index contributed by atoms with van der Waals surface area (Å²) in [5.74, 6) is -0.367. The number of esters is 1. The number of pyridine rings is 1. The molecule has 21 heavy (non-hydrogen) atoms. The van der Waals surface area contributed by atoms with Crippen molar-refractivity contribution >= 4 is 23.9 Å². The van der Waals surface area contributed by atoms with Crippen molar-refractivity contribution in [2.75, 3.05) is 7.11 Å². The van der Waals surface area contributed by atoms with Gasteiger partial charge in [0.25, 0.3) is 0 Å². The fraction of sp³-hybridized carbons (Fsp3) is 0.133. The molecule has 1 heterocycles. The number of ether oxygens (including phenoxy) is 2. The van der Waals surface area contributed by atoms with Gasteiger partial charge in [0.1, 0.15) is 12.3 Å². The van der Waals surface area contributed by atoms with Crippen molar-refractivity contribution in [1.82, 2.24) is 4.98 Å². The van der Waals surface area contributed by atoms with Gasteiger partial charge in [0, 0.05) is 11.1 Å². The molecular formula is C15H12ClNO4. The van der Waals surface area contributed by atoms with E-state index in [1.165, 1.54) is 19.2 Å². The highest BCUT2D eigenvalue weighted by molar-refractivity contribution is 6.30. The third kappa shape index (κ3) is 3.79. The van der Waals surface area contributed by atoms with E-state index in [4.69, 9.17) is 16.3 Å². The van der Waals surface area contributed by atoms with Crippen LogP contribution in [-0.4, -0.2) is 24.3 Å². The molecule has 5 nitrogen and oxygen atoms in total. The third-order valence-corrected chi connectivity index (χ3v) is 2.97. The minimum absolute atomic E-state index is 0.0181. The van der Waals surface area contributed by atoms with Crippen molar-refractivity contribution in [3.63, 3.8) is 0 Å². The molecule has 0 radical (unpaired) electrons. The lowest BCUT2D eigenvalue weighted by Crippen LogP contribution is -2.08. The molecule has 0 saturated heterocycles. The SMILES string of the molecule is COC(=O)c1ccc(OCc2ccc(Cl)cc2)nc1C=O. The van der Waals surface area contributed by atoms with Crippen molar-refractivity contribution in [3.05, 3.63) is 58.2 Å². The maximum absolute atomic E-state index is 11.4. The summed E-state index contributed by atoms with van der Waals surface area (Å²) in [4.78, 5) is 26.4. The molecule has 2 rings (SSSR count). The highest BCUT2D eigenvalue weighted by Gasteiger charge is 2.13. The van der Waals surface area contributed by atoms with Crippen LogP contribution in [0.25, 0.3) is 0 Å². The number of rotatable bonds is 5. The first-order valence-corrected chi connectivity index (χ1v) is 6.43. The second-order valence-electron chi connectivity index (χ2n) is 4.11. The lowest BCUT2D eigenvalue weighted by molar-refractivity contribution is 0.0597. The summed E-state index contributed by atoms with van der Waals surface area (Å²) in [5.41, 5.74) is 0.993. The van der Waals surface area contributed by atoms with Crippen LogP contribution < -0.4 is 4.74 Å². The molecule has 0 aliphatic rings. The molecule has 2 aromatic rings. The van der Waals surface area contributed by atoms with Crippen LogP contribution in [0.1, 0.15) is 26.4 Å². The van der Waals surface area contributed by atoms with Crippen LogP contribution in [0.2, 0.25) is 5.02 Å². The van der Waals surface area contributed by atoms with Crippen LogP contribution in [0.15, 0.2) is 36.4 Å². The molecule has 0 fully saturated rings. The van der Waals surface area contributed by atoms with Crippen molar-refractivity contribution in [3.8, 4) is 5.88 Å². The topological polar surface area (TPSA) is 65.5 Å². The molecule has 1 aromatic carbocycles. The van der Waals surface area contributed by atoms with Crippen molar-refractivity contribution < 1.29 is 19.1 Å². The van der Waals surface area contributed by atoms with Crippen LogP contribution in [0.4, 0.5) is 0 Å². The molecule has 0 bridgehead atoms. The summed E-state index contributed by atoms with van der Waals surface area (Å²) in [6.07, 6.45) is 0.488. The number of halogens is 1. The largest absolute Gasteiger partial charge is 0.473 e. The van der Waals surface area contributed by atoms with Crippen LogP contribution in [0, 0.1) is 0 Å². The number of hydrogen-bond donors (Lipinski definition) is 0. The number of carbonyl (C=O) groups is 2. The molecule has 0 aliphatic heterocycles. The summed E-state index contributed by atoms with van der Waals surface area (Å²) in [6.45, 7) is 0.278.